The molecule has 1 N–H and O–H groups in total. The van der Waals surface area contributed by atoms with Gasteiger partial charge in [-0.15, -0.1) is 0 Å². The van der Waals surface area contributed by atoms with E-state index in [1.54, 1.807) is 0 Å². The molecule has 4 nitrogen and oxygen atoms in total. The Balaban J connectivity index is 2.17. The molecule has 3 unspecified atom stereocenters. The molecule has 0 radical (unpaired) electrons. The lowest BCUT2D eigenvalue weighted by Crippen LogP contribution is -2.33. The van der Waals surface area contributed by atoms with E-state index in [4.69, 9.17) is 4.74 Å². The Labute approximate surface area is 146 Å². The molecule has 0 bridgehead atoms. The molecule has 0 fully saturated rings. The Morgan fingerprint density at radius 3 is 2.12 bits per heavy atom. The van der Waals surface area contributed by atoms with Crippen molar-refractivity contribution in [2.45, 2.75) is 90.6 Å². The lowest BCUT2D eigenvalue weighted by atomic mass is 9.83. The molecule has 1 aliphatic carbocycles. The van der Waals surface area contributed by atoms with Crippen LogP contribution in [0.25, 0.3) is 0 Å². The number of carboxylic acids is 1. The third-order valence-corrected chi connectivity index (χ3v) is 4.83. The molecule has 24 heavy (non-hydrogen) atoms. The van der Waals surface area contributed by atoms with Crippen LogP contribution in [0.15, 0.2) is 12.2 Å². The fourth-order valence-electron chi connectivity index (χ4n) is 3.26. The van der Waals surface area contributed by atoms with Gasteiger partial charge in [-0.2, -0.15) is 0 Å². The fraction of sp³-hybridized carbons (Fsp3) is 0.800. The number of hydrogen-bond donors (Lipinski definition) is 1. The van der Waals surface area contributed by atoms with E-state index in [1.807, 2.05) is 19.1 Å². The highest BCUT2D eigenvalue weighted by atomic mass is 16.5. The van der Waals surface area contributed by atoms with Crippen molar-refractivity contribution in [2.24, 2.45) is 11.8 Å². The average molecular weight is 338 g/mol. The predicted molar refractivity (Wildman–Crippen MR) is 95.8 cm³/mol. The first-order valence-electron chi connectivity index (χ1n) is 9.64. The quantitative estimate of drug-likeness (QED) is 0.305. The highest BCUT2D eigenvalue weighted by Gasteiger charge is 2.35. The van der Waals surface area contributed by atoms with Gasteiger partial charge in [0, 0.05) is 0 Å². The lowest BCUT2D eigenvalue weighted by Gasteiger charge is -2.25. The third kappa shape index (κ3) is 7.98. The van der Waals surface area contributed by atoms with Gasteiger partial charge in [0.2, 0.25) is 0 Å². The van der Waals surface area contributed by atoms with E-state index < -0.39 is 17.8 Å². The molecule has 0 aromatic carbocycles. The number of hydrogen-bond acceptors (Lipinski definition) is 3. The van der Waals surface area contributed by atoms with Gasteiger partial charge in [0.1, 0.15) is 0 Å². The van der Waals surface area contributed by atoms with Crippen LogP contribution in [0.4, 0.5) is 0 Å². The minimum absolute atomic E-state index is 0.127. The maximum Gasteiger partial charge on any atom is 0.310 e. The van der Waals surface area contributed by atoms with E-state index in [0.717, 1.165) is 12.8 Å². The Morgan fingerprint density at radius 2 is 1.54 bits per heavy atom. The summed E-state index contributed by atoms with van der Waals surface area (Å²) in [6, 6.07) is 0. The predicted octanol–water partition coefficient (Wildman–Crippen LogP) is 5.12. The van der Waals surface area contributed by atoms with Gasteiger partial charge in [0.05, 0.1) is 17.9 Å². The van der Waals surface area contributed by atoms with Gasteiger partial charge >= 0.3 is 11.9 Å². The molecule has 3 atom stereocenters. The zero-order chi connectivity index (χ0) is 17.8. The Hall–Kier alpha value is -1.32. The van der Waals surface area contributed by atoms with Gasteiger partial charge in [0.15, 0.2) is 0 Å². The number of esters is 1. The van der Waals surface area contributed by atoms with Crippen LogP contribution in [0.3, 0.4) is 0 Å². The van der Waals surface area contributed by atoms with Crippen LogP contribution >= 0.6 is 0 Å². The largest absolute Gasteiger partial charge is 0.481 e. The summed E-state index contributed by atoms with van der Waals surface area (Å²) in [4.78, 5) is 23.5. The van der Waals surface area contributed by atoms with Crippen molar-refractivity contribution in [3.05, 3.63) is 12.2 Å². The second-order valence-corrected chi connectivity index (χ2v) is 7.01. The van der Waals surface area contributed by atoms with Crippen molar-refractivity contribution < 1.29 is 19.4 Å². The van der Waals surface area contributed by atoms with Crippen LogP contribution in [-0.2, 0) is 14.3 Å². The molecular weight excluding hydrogens is 304 g/mol. The van der Waals surface area contributed by atoms with Gasteiger partial charge in [-0.1, -0.05) is 64.0 Å². The summed E-state index contributed by atoms with van der Waals surface area (Å²) in [5, 5.41) is 9.23. The maximum absolute atomic E-state index is 12.2. The van der Waals surface area contributed by atoms with Crippen molar-refractivity contribution in [3.63, 3.8) is 0 Å². The molecule has 0 aromatic heterocycles. The van der Waals surface area contributed by atoms with Crippen LogP contribution in [0.5, 0.6) is 0 Å². The topological polar surface area (TPSA) is 63.6 Å². The van der Waals surface area contributed by atoms with Gasteiger partial charge in [-0.3, -0.25) is 9.59 Å². The fourth-order valence-corrected chi connectivity index (χ4v) is 3.26. The number of carboxylic acid groups (broad SMARTS) is 1. The first kappa shape index (κ1) is 20.7. The van der Waals surface area contributed by atoms with E-state index in [-0.39, 0.29) is 12.1 Å². The summed E-state index contributed by atoms with van der Waals surface area (Å²) in [5.41, 5.74) is 0. The van der Waals surface area contributed by atoms with Crippen LogP contribution in [0.2, 0.25) is 0 Å². The van der Waals surface area contributed by atoms with Crippen molar-refractivity contribution >= 4 is 11.9 Å². The molecule has 4 heteroatoms. The van der Waals surface area contributed by atoms with Crippen molar-refractivity contribution in [1.29, 1.82) is 0 Å². The summed E-state index contributed by atoms with van der Waals surface area (Å²) in [7, 11) is 0. The van der Waals surface area contributed by atoms with Crippen LogP contribution in [-0.4, -0.2) is 23.1 Å². The van der Waals surface area contributed by atoms with Gasteiger partial charge in [0.25, 0.3) is 0 Å². The molecule has 1 rings (SSSR count). The normalized spacial score (nSPS) is 21.4. The minimum Gasteiger partial charge on any atom is -0.481 e. The first-order valence-corrected chi connectivity index (χ1v) is 9.64. The Bertz CT molecular complexity index is 402. The summed E-state index contributed by atoms with van der Waals surface area (Å²) in [6.07, 6.45) is 15.4. The number of unbranched alkanes of at least 4 members (excludes halogenated alkanes) is 7. The molecule has 0 heterocycles. The van der Waals surface area contributed by atoms with E-state index in [2.05, 4.69) is 6.92 Å². The molecule has 0 amide bonds. The summed E-state index contributed by atoms with van der Waals surface area (Å²) >= 11 is 0. The van der Waals surface area contributed by atoms with Gasteiger partial charge < -0.3 is 9.84 Å². The number of carbonyl (C=O) groups is 2. The number of aliphatic carboxylic acids is 1. The van der Waals surface area contributed by atoms with Crippen molar-refractivity contribution in [3.8, 4) is 0 Å². The van der Waals surface area contributed by atoms with Gasteiger partial charge in [-0.05, 0) is 32.6 Å². The lowest BCUT2D eigenvalue weighted by molar-refractivity contribution is -0.161. The van der Waals surface area contributed by atoms with E-state index in [9.17, 15) is 14.7 Å². The molecule has 0 aromatic rings. The number of rotatable bonds is 12. The molecule has 0 saturated carbocycles. The molecule has 0 spiro atoms. The zero-order valence-corrected chi connectivity index (χ0v) is 15.3. The number of ether oxygens (including phenoxy) is 1. The highest BCUT2D eigenvalue weighted by molar-refractivity contribution is 5.81. The van der Waals surface area contributed by atoms with E-state index >= 15 is 0 Å². The third-order valence-electron chi connectivity index (χ3n) is 4.83. The molecule has 1 aliphatic rings. The van der Waals surface area contributed by atoms with E-state index in [0.29, 0.717) is 12.8 Å². The first-order chi connectivity index (χ1) is 11.6. The smallest absolute Gasteiger partial charge is 0.310 e. The van der Waals surface area contributed by atoms with Crippen molar-refractivity contribution in [1.82, 2.24) is 0 Å². The zero-order valence-electron chi connectivity index (χ0n) is 15.3. The maximum atomic E-state index is 12.2. The molecule has 0 aliphatic heterocycles. The molecule has 0 saturated heterocycles. The molecule has 138 valence electrons. The Kier molecular flexibility index (Phi) is 10.4. The van der Waals surface area contributed by atoms with Crippen molar-refractivity contribution in [2.75, 3.05) is 0 Å². The highest BCUT2D eigenvalue weighted by Crippen LogP contribution is 2.27. The monoisotopic (exact) mass is 338 g/mol. The standard InChI is InChI=1S/C20H34O4/c1-3-4-5-6-7-8-9-10-13-16(2)24-20(23)18-15-12-11-14-17(18)19(21)22/h11-12,16-18H,3-10,13-15H2,1-2H3,(H,21,22). The van der Waals surface area contributed by atoms with Crippen LogP contribution < -0.4 is 0 Å². The summed E-state index contributed by atoms with van der Waals surface area (Å²) in [5.74, 6) is -2.43. The number of allylic oxidation sites excluding steroid dienone is 2. The van der Waals surface area contributed by atoms with Crippen LogP contribution in [0, 0.1) is 11.8 Å². The second kappa shape index (κ2) is 12.1. The Morgan fingerprint density at radius 1 is 1.00 bits per heavy atom. The minimum atomic E-state index is -0.906. The average Bonchev–Trinajstić information content (AvgIpc) is 2.57. The summed E-state index contributed by atoms with van der Waals surface area (Å²) in [6.45, 7) is 4.14. The summed E-state index contributed by atoms with van der Waals surface area (Å²) < 4.78 is 5.49. The van der Waals surface area contributed by atoms with E-state index in [1.165, 1.54) is 44.9 Å². The second-order valence-electron chi connectivity index (χ2n) is 7.01. The SMILES string of the molecule is CCCCCCCCCCC(C)OC(=O)C1CC=CCC1C(=O)O. The van der Waals surface area contributed by atoms with Gasteiger partial charge in [-0.25, -0.2) is 0 Å². The van der Waals surface area contributed by atoms with Crippen LogP contribution in [0.1, 0.15) is 84.5 Å². The molecular formula is C20H34O4. The number of carbonyl (C=O) groups excluding carboxylic acids is 1.